The molecule has 1 heterocycles. The molecule has 0 radical (unpaired) electrons. The van der Waals surface area contributed by atoms with E-state index >= 15 is 0 Å². The Morgan fingerprint density at radius 1 is 1.21 bits per heavy atom. The first-order chi connectivity index (χ1) is 13.4. The number of carbonyl (C=O) groups excluding carboxylic acids is 1. The minimum Gasteiger partial charge on any atom is -0.350 e. The van der Waals surface area contributed by atoms with Gasteiger partial charge in [0.1, 0.15) is 22.6 Å². The summed E-state index contributed by atoms with van der Waals surface area (Å²) in [5.41, 5.74) is 1.97. The Labute approximate surface area is 172 Å². The fourth-order valence-corrected chi connectivity index (χ4v) is 4.90. The Hall–Kier alpha value is -2.18. The molecule has 2 fully saturated rings. The molecule has 1 saturated heterocycles. The van der Waals surface area contributed by atoms with Crippen molar-refractivity contribution in [2.45, 2.75) is 43.0 Å². The van der Waals surface area contributed by atoms with E-state index in [1.807, 2.05) is 36.1 Å². The largest absolute Gasteiger partial charge is 0.350 e. The molecule has 2 aromatic carbocycles. The molecule has 28 heavy (non-hydrogen) atoms. The van der Waals surface area contributed by atoms with Gasteiger partial charge in [0.25, 0.3) is 0 Å². The molecule has 0 amide bonds. The number of carbonyl (C=O) groups is 1. The summed E-state index contributed by atoms with van der Waals surface area (Å²) in [6, 6.07) is 12.8. The zero-order chi connectivity index (χ0) is 19.9. The summed E-state index contributed by atoms with van der Waals surface area (Å²) in [7, 11) is -1.47. The van der Waals surface area contributed by atoms with Gasteiger partial charge in [0.15, 0.2) is 0 Å². The van der Waals surface area contributed by atoms with Crippen LogP contribution in [-0.4, -0.2) is 32.8 Å². The van der Waals surface area contributed by atoms with Gasteiger partial charge in [-0.3, -0.25) is 10.2 Å². The molecule has 1 atom stereocenters. The topological polar surface area (TPSA) is 73.3 Å². The van der Waals surface area contributed by atoms with Crippen LogP contribution < -0.4 is 4.72 Å². The predicted molar refractivity (Wildman–Crippen MR) is 112 cm³/mol. The zero-order valence-electron chi connectivity index (χ0n) is 15.6. The molecule has 2 aromatic rings. The number of aryl methyl sites for hydroxylation is 1. The number of amidine groups is 1. The number of nitrogens with zero attached hydrogens (tertiary/aromatic N) is 1. The average Bonchev–Trinajstić information content (AvgIpc) is 3.41. The van der Waals surface area contributed by atoms with Crippen molar-refractivity contribution in [1.82, 2.24) is 4.90 Å². The summed E-state index contributed by atoms with van der Waals surface area (Å²) in [5, 5.41) is 9.27. The van der Waals surface area contributed by atoms with Gasteiger partial charge in [-0.2, -0.15) is 0 Å². The Balaban J connectivity index is 1.63. The van der Waals surface area contributed by atoms with Crippen LogP contribution in [0.15, 0.2) is 47.4 Å². The molecule has 0 aromatic heterocycles. The third-order valence-electron chi connectivity index (χ3n) is 5.50. The number of hydrogen-bond donors (Lipinski definition) is 2. The van der Waals surface area contributed by atoms with Gasteiger partial charge in [-0.1, -0.05) is 35.4 Å². The number of ketones is 1. The lowest BCUT2D eigenvalue weighted by Crippen LogP contribution is -2.48. The van der Waals surface area contributed by atoms with Crippen molar-refractivity contribution < 1.29 is 9.00 Å². The second kappa shape index (κ2) is 7.33. The quantitative estimate of drug-likeness (QED) is 0.577. The van der Waals surface area contributed by atoms with Gasteiger partial charge in [-0.25, -0.2) is 4.21 Å². The van der Waals surface area contributed by atoms with Crippen molar-refractivity contribution >= 4 is 39.9 Å². The van der Waals surface area contributed by atoms with Crippen LogP contribution in [0.2, 0.25) is 5.02 Å². The van der Waals surface area contributed by atoms with Crippen molar-refractivity contribution in [3.63, 3.8) is 0 Å². The first kappa shape index (κ1) is 19.2. The summed E-state index contributed by atoms with van der Waals surface area (Å²) in [6.07, 6.45) is 2.79. The highest BCUT2D eigenvalue weighted by molar-refractivity contribution is 7.86. The van der Waals surface area contributed by atoms with E-state index in [1.54, 1.807) is 18.2 Å². The minimum atomic E-state index is -1.47. The van der Waals surface area contributed by atoms with E-state index in [0.29, 0.717) is 46.4 Å². The van der Waals surface area contributed by atoms with Crippen molar-refractivity contribution in [2.75, 3.05) is 11.3 Å². The number of piperidine rings is 1. The molecule has 2 N–H and O–H groups in total. The molecule has 1 unspecified atom stereocenters. The number of nitrogens with one attached hydrogen (secondary N) is 2. The maximum absolute atomic E-state index is 12.8. The van der Waals surface area contributed by atoms with Gasteiger partial charge in [0.05, 0.1) is 21.2 Å². The average molecular weight is 416 g/mol. The van der Waals surface area contributed by atoms with Crippen LogP contribution in [0.5, 0.6) is 0 Å². The maximum Gasteiger partial charge on any atom is 0.150 e. The van der Waals surface area contributed by atoms with Crippen molar-refractivity contribution in [2.24, 2.45) is 0 Å². The smallest absolute Gasteiger partial charge is 0.150 e. The monoisotopic (exact) mass is 415 g/mol. The molecule has 1 aliphatic carbocycles. The van der Waals surface area contributed by atoms with Crippen LogP contribution in [0.4, 0.5) is 5.69 Å². The molecule has 0 bridgehead atoms. The third-order valence-corrected chi connectivity index (χ3v) is 6.92. The van der Waals surface area contributed by atoms with Gasteiger partial charge in [0, 0.05) is 24.9 Å². The number of anilines is 1. The Bertz CT molecular complexity index is 970. The second-order valence-corrected chi connectivity index (χ2v) is 9.16. The highest BCUT2D eigenvalue weighted by Gasteiger charge is 2.52. The zero-order valence-corrected chi connectivity index (χ0v) is 17.2. The molecule has 1 aliphatic heterocycles. The molecule has 146 valence electrons. The molecule has 4 rings (SSSR count). The number of rotatable bonds is 4. The summed E-state index contributed by atoms with van der Waals surface area (Å²) in [5.74, 6) is 0.554. The van der Waals surface area contributed by atoms with Gasteiger partial charge >= 0.3 is 0 Å². The molecule has 1 saturated carbocycles. The van der Waals surface area contributed by atoms with Gasteiger partial charge < -0.3 is 9.62 Å². The normalized spacial score (nSPS) is 18.8. The van der Waals surface area contributed by atoms with Crippen LogP contribution in [0.3, 0.4) is 0 Å². The number of hydrogen-bond acceptors (Lipinski definition) is 3. The van der Waals surface area contributed by atoms with E-state index in [2.05, 4.69) is 4.72 Å². The van der Waals surface area contributed by atoms with E-state index in [4.69, 9.17) is 17.0 Å². The molecular weight excluding hydrogens is 394 g/mol. The van der Waals surface area contributed by atoms with Crippen LogP contribution in [-0.2, 0) is 15.8 Å². The first-order valence-corrected chi connectivity index (χ1v) is 10.8. The molecule has 2 aliphatic rings. The first-order valence-electron chi connectivity index (χ1n) is 9.31. The van der Waals surface area contributed by atoms with Crippen LogP contribution in [0.25, 0.3) is 0 Å². The number of Topliss-reactive ketones (excluding diaryl/α,β-unsaturated/α-hetero) is 1. The van der Waals surface area contributed by atoms with Crippen molar-refractivity contribution in [3.05, 3.63) is 58.6 Å². The summed E-state index contributed by atoms with van der Waals surface area (Å²) in [4.78, 5) is 14.6. The van der Waals surface area contributed by atoms with Gasteiger partial charge in [-0.15, -0.1) is 0 Å². The predicted octanol–water partition coefficient (Wildman–Crippen LogP) is 4.31. The van der Waals surface area contributed by atoms with Crippen molar-refractivity contribution in [3.8, 4) is 0 Å². The van der Waals surface area contributed by atoms with E-state index in [0.717, 1.165) is 18.4 Å². The third kappa shape index (κ3) is 3.59. The lowest BCUT2D eigenvalue weighted by molar-refractivity contribution is -0.122. The van der Waals surface area contributed by atoms with Gasteiger partial charge in [-0.05, 0) is 44.0 Å². The molecule has 5 nitrogen and oxygen atoms in total. The molecule has 7 heteroatoms. The van der Waals surface area contributed by atoms with Crippen LogP contribution in [0, 0.1) is 12.3 Å². The lowest BCUT2D eigenvalue weighted by atomic mass is 9.97. The fraction of sp³-hybridized carbons (Fsp3) is 0.333. The highest BCUT2D eigenvalue weighted by atomic mass is 35.5. The Morgan fingerprint density at radius 2 is 1.93 bits per heavy atom. The SMILES string of the molecule is Cc1ccc(S(=O)Nc2cccc(Cl)c2C(=N)N2CCC(=O)CC23CC3)cc1. The number of benzene rings is 2. The van der Waals surface area contributed by atoms with E-state index in [9.17, 15) is 9.00 Å². The van der Waals surface area contributed by atoms with E-state index in [1.165, 1.54) is 0 Å². The molecule has 1 spiro atoms. The van der Waals surface area contributed by atoms with Crippen LogP contribution >= 0.6 is 11.6 Å². The van der Waals surface area contributed by atoms with Crippen LogP contribution in [0.1, 0.15) is 36.8 Å². The second-order valence-electron chi connectivity index (χ2n) is 7.54. The standard InChI is InChI=1S/C21H22ClN3O2S/c1-14-5-7-16(8-6-14)28(27)24-18-4-2-3-17(22)19(18)20(23)25-12-9-15(26)13-21(25)10-11-21/h2-8,23-24H,9-13H2,1H3. The van der Waals surface area contributed by atoms with E-state index in [-0.39, 0.29) is 11.3 Å². The number of halogens is 1. The summed E-state index contributed by atoms with van der Waals surface area (Å²) in [6.45, 7) is 2.51. The summed E-state index contributed by atoms with van der Waals surface area (Å²) < 4.78 is 15.8. The highest BCUT2D eigenvalue weighted by Crippen LogP contribution is 2.48. The Kier molecular flexibility index (Phi) is 5.02. The van der Waals surface area contributed by atoms with E-state index < -0.39 is 11.0 Å². The lowest BCUT2D eigenvalue weighted by Gasteiger charge is -2.38. The number of likely N-dealkylation sites (tertiary alicyclic amines) is 1. The minimum absolute atomic E-state index is 0.223. The maximum atomic E-state index is 12.8. The Morgan fingerprint density at radius 3 is 2.61 bits per heavy atom. The van der Waals surface area contributed by atoms with Gasteiger partial charge in [0.2, 0.25) is 0 Å². The fourth-order valence-electron chi connectivity index (χ4n) is 3.77. The summed E-state index contributed by atoms with van der Waals surface area (Å²) >= 11 is 6.46. The molecular formula is C21H22ClN3O2S. The van der Waals surface area contributed by atoms with Crippen molar-refractivity contribution in [1.29, 1.82) is 5.41 Å².